The number of benzene rings is 1. The van der Waals surface area contributed by atoms with Crippen LogP contribution in [0.1, 0.15) is 26.7 Å². The number of carboxylic acid groups (broad SMARTS) is 1. The summed E-state index contributed by atoms with van der Waals surface area (Å²) in [5, 5.41) is 12.6. The maximum absolute atomic E-state index is 12.8. The van der Waals surface area contributed by atoms with Gasteiger partial charge in [-0.1, -0.05) is 33.1 Å². The summed E-state index contributed by atoms with van der Waals surface area (Å²) in [6, 6.07) is 7.36. The number of amides is 1. The quantitative estimate of drug-likeness (QED) is 0.779. The van der Waals surface area contributed by atoms with Crippen molar-refractivity contribution < 1.29 is 14.7 Å². The van der Waals surface area contributed by atoms with E-state index in [1.807, 2.05) is 38.1 Å². The zero-order chi connectivity index (χ0) is 16.7. The predicted octanol–water partition coefficient (Wildman–Crippen LogP) is 4.08. The number of carbonyl (C=O) groups is 2. The Bertz CT molecular complexity index is 693. The van der Waals surface area contributed by atoms with Gasteiger partial charge in [-0.05, 0) is 56.7 Å². The summed E-state index contributed by atoms with van der Waals surface area (Å²) in [4.78, 5) is 24.6. The smallest absolute Gasteiger partial charge is 0.307 e. The van der Waals surface area contributed by atoms with Gasteiger partial charge in [0.1, 0.15) is 0 Å². The Morgan fingerprint density at radius 2 is 1.83 bits per heavy atom. The third-order valence-electron chi connectivity index (χ3n) is 5.10. The first-order chi connectivity index (χ1) is 10.9. The molecular weight excluding hydrogens is 358 g/mol. The van der Waals surface area contributed by atoms with Crippen molar-refractivity contribution in [1.29, 1.82) is 0 Å². The molecule has 0 unspecified atom stereocenters. The molecule has 1 aromatic carbocycles. The first-order valence-electron chi connectivity index (χ1n) is 7.86. The molecule has 2 aliphatic carbocycles. The fraction of sp³-hybridized carbons (Fsp3) is 0.444. The fourth-order valence-corrected chi connectivity index (χ4v) is 4.80. The predicted molar refractivity (Wildman–Crippen MR) is 92.0 cm³/mol. The van der Waals surface area contributed by atoms with E-state index in [9.17, 15) is 14.7 Å². The van der Waals surface area contributed by atoms with Crippen LogP contribution in [0.15, 0.2) is 39.9 Å². The Hall–Kier alpha value is -1.62. The standard InChI is InChI=1S/C18H20BrNO3/c1-9(2)14-12-6-7-13(14)16(18(22)23)15(12)17(21)20-11-5-3-4-10(19)8-11/h3-5,8,12-13,15-16H,6-7H2,1-2H3,(H,20,21)(H,22,23)/t12-,13+,15+,16+/m0/s1. The first-order valence-corrected chi connectivity index (χ1v) is 8.66. The molecule has 1 aromatic rings. The third kappa shape index (κ3) is 2.82. The number of halogens is 1. The Kier molecular flexibility index (Phi) is 4.32. The van der Waals surface area contributed by atoms with Crippen molar-refractivity contribution in [3.8, 4) is 0 Å². The van der Waals surface area contributed by atoms with Gasteiger partial charge in [-0.25, -0.2) is 0 Å². The molecule has 122 valence electrons. The van der Waals surface area contributed by atoms with Crippen LogP contribution in [0.3, 0.4) is 0 Å². The van der Waals surface area contributed by atoms with Crippen LogP contribution in [0.5, 0.6) is 0 Å². The Balaban J connectivity index is 1.90. The second-order valence-electron chi connectivity index (χ2n) is 6.64. The molecule has 23 heavy (non-hydrogen) atoms. The summed E-state index contributed by atoms with van der Waals surface area (Å²) in [5.41, 5.74) is 3.06. The molecule has 4 nitrogen and oxygen atoms in total. The highest BCUT2D eigenvalue weighted by molar-refractivity contribution is 9.10. The lowest BCUT2D eigenvalue weighted by Crippen LogP contribution is -2.37. The zero-order valence-electron chi connectivity index (χ0n) is 13.2. The number of rotatable bonds is 3. The van der Waals surface area contributed by atoms with Gasteiger partial charge in [0.25, 0.3) is 0 Å². The summed E-state index contributed by atoms with van der Waals surface area (Å²) in [7, 11) is 0. The van der Waals surface area contributed by atoms with Crippen molar-refractivity contribution in [3.05, 3.63) is 39.9 Å². The van der Waals surface area contributed by atoms with Crippen LogP contribution >= 0.6 is 15.9 Å². The summed E-state index contributed by atoms with van der Waals surface area (Å²) in [6.45, 7) is 4.04. The lowest BCUT2D eigenvalue weighted by Gasteiger charge is -2.26. The summed E-state index contributed by atoms with van der Waals surface area (Å²) < 4.78 is 0.878. The number of allylic oxidation sites excluding steroid dienone is 2. The Morgan fingerprint density at radius 1 is 1.17 bits per heavy atom. The van der Waals surface area contributed by atoms with Crippen LogP contribution in [-0.4, -0.2) is 17.0 Å². The van der Waals surface area contributed by atoms with Gasteiger partial charge >= 0.3 is 5.97 Å². The van der Waals surface area contributed by atoms with Gasteiger partial charge in [0.15, 0.2) is 0 Å². The molecule has 2 fully saturated rings. The largest absolute Gasteiger partial charge is 0.481 e. The number of anilines is 1. The number of hydrogen-bond acceptors (Lipinski definition) is 2. The van der Waals surface area contributed by atoms with Crippen molar-refractivity contribution >= 4 is 33.5 Å². The molecule has 3 rings (SSSR count). The van der Waals surface area contributed by atoms with Crippen LogP contribution in [0.2, 0.25) is 0 Å². The van der Waals surface area contributed by atoms with Crippen LogP contribution < -0.4 is 5.32 Å². The number of aliphatic carboxylic acids is 1. The van der Waals surface area contributed by atoms with E-state index in [2.05, 4.69) is 21.2 Å². The van der Waals surface area contributed by atoms with E-state index in [1.54, 1.807) is 0 Å². The molecule has 0 spiro atoms. The topological polar surface area (TPSA) is 66.4 Å². The van der Waals surface area contributed by atoms with Gasteiger partial charge in [-0.3, -0.25) is 9.59 Å². The maximum atomic E-state index is 12.8. The van der Waals surface area contributed by atoms with Crippen molar-refractivity contribution in [2.24, 2.45) is 23.7 Å². The number of carbonyl (C=O) groups excluding carboxylic acids is 1. The van der Waals surface area contributed by atoms with Crippen molar-refractivity contribution in [3.63, 3.8) is 0 Å². The van der Waals surface area contributed by atoms with Crippen molar-refractivity contribution in [2.75, 3.05) is 5.32 Å². The summed E-state index contributed by atoms with van der Waals surface area (Å²) >= 11 is 3.38. The molecule has 0 aliphatic heterocycles. The molecule has 0 heterocycles. The van der Waals surface area contributed by atoms with Crippen molar-refractivity contribution in [1.82, 2.24) is 0 Å². The second-order valence-corrected chi connectivity index (χ2v) is 7.55. The highest BCUT2D eigenvalue weighted by atomic mass is 79.9. The number of nitrogens with one attached hydrogen (secondary N) is 1. The van der Waals surface area contributed by atoms with E-state index in [4.69, 9.17) is 0 Å². The zero-order valence-corrected chi connectivity index (χ0v) is 14.8. The molecule has 1 amide bonds. The molecule has 0 aromatic heterocycles. The minimum absolute atomic E-state index is 0.0146. The van der Waals surface area contributed by atoms with Gasteiger partial charge in [-0.2, -0.15) is 0 Å². The fourth-order valence-electron chi connectivity index (χ4n) is 4.40. The first kappa shape index (κ1) is 16.2. The maximum Gasteiger partial charge on any atom is 0.307 e. The van der Waals surface area contributed by atoms with E-state index >= 15 is 0 Å². The molecule has 2 N–H and O–H groups in total. The van der Waals surface area contributed by atoms with Crippen LogP contribution in [0.4, 0.5) is 5.69 Å². The highest BCUT2D eigenvalue weighted by Gasteiger charge is 2.57. The molecule has 2 bridgehead atoms. The second kappa shape index (κ2) is 6.11. The van der Waals surface area contributed by atoms with E-state index in [0.29, 0.717) is 5.69 Å². The lowest BCUT2D eigenvalue weighted by molar-refractivity contribution is -0.148. The normalized spacial score (nSPS) is 28.7. The molecule has 0 radical (unpaired) electrons. The highest BCUT2D eigenvalue weighted by Crippen LogP contribution is 2.57. The molecule has 4 atom stereocenters. The average molecular weight is 378 g/mol. The van der Waals surface area contributed by atoms with Gasteiger partial charge in [0, 0.05) is 10.2 Å². The van der Waals surface area contributed by atoms with Crippen LogP contribution in [0.25, 0.3) is 0 Å². The minimum Gasteiger partial charge on any atom is -0.481 e. The van der Waals surface area contributed by atoms with Gasteiger partial charge < -0.3 is 10.4 Å². The van der Waals surface area contributed by atoms with Crippen molar-refractivity contribution in [2.45, 2.75) is 26.7 Å². The minimum atomic E-state index is -0.856. The average Bonchev–Trinajstić information content (AvgIpc) is 3.02. The SMILES string of the molecule is CC(C)=C1[C@H]2CC[C@@H]1[C@@H](C(=O)Nc1cccc(Br)c1)[C@@H]2C(=O)O. The van der Waals surface area contributed by atoms with Gasteiger partial charge in [0.2, 0.25) is 5.91 Å². The monoisotopic (exact) mass is 377 g/mol. The molecular formula is C18H20BrNO3. The third-order valence-corrected chi connectivity index (χ3v) is 5.59. The molecule has 0 saturated heterocycles. The molecule has 5 heteroatoms. The number of hydrogen-bond donors (Lipinski definition) is 2. The number of carboxylic acids is 1. The molecule has 2 aliphatic rings. The lowest BCUT2D eigenvalue weighted by atomic mass is 9.78. The Labute approximate surface area is 144 Å². The van der Waals surface area contributed by atoms with E-state index in [-0.39, 0.29) is 17.7 Å². The van der Waals surface area contributed by atoms with Gasteiger partial charge in [-0.15, -0.1) is 0 Å². The molecule has 2 saturated carbocycles. The number of fused-ring (bicyclic) bond motifs is 2. The summed E-state index contributed by atoms with van der Waals surface area (Å²) in [6.07, 6.45) is 1.79. The van der Waals surface area contributed by atoms with E-state index in [0.717, 1.165) is 17.3 Å². The van der Waals surface area contributed by atoms with E-state index < -0.39 is 17.8 Å². The van der Waals surface area contributed by atoms with Crippen LogP contribution in [0, 0.1) is 23.7 Å². The van der Waals surface area contributed by atoms with Crippen LogP contribution in [-0.2, 0) is 9.59 Å². The Morgan fingerprint density at radius 3 is 2.39 bits per heavy atom. The van der Waals surface area contributed by atoms with Gasteiger partial charge in [0.05, 0.1) is 11.8 Å². The van der Waals surface area contributed by atoms with E-state index in [1.165, 1.54) is 11.1 Å². The summed E-state index contributed by atoms with van der Waals surface area (Å²) in [5.74, 6) is -2.04.